The highest BCUT2D eigenvalue weighted by Crippen LogP contribution is 2.32. The number of hydrogen-bond acceptors (Lipinski definition) is 3. The van der Waals surface area contributed by atoms with E-state index in [9.17, 15) is 0 Å². The van der Waals surface area contributed by atoms with Crippen molar-refractivity contribution < 1.29 is 0 Å². The van der Waals surface area contributed by atoms with Crippen molar-refractivity contribution in [2.45, 2.75) is 13.0 Å². The summed E-state index contributed by atoms with van der Waals surface area (Å²) >= 11 is 11.5. The molecule has 0 amide bonds. The molecule has 102 valence electrons. The Morgan fingerprint density at radius 3 is 2.53 bits per heavy atom. The summed E-state index contributed by atoms with van der Waals surface area (Å²) in [6.45, 7) is 2.14. The maximum atomic E-state index is 6.27. The van der Waals surface area contributed by atoms with Gasteiger partial charge in [-0.25, -0.2) is 0 Å². The van der Waals surface area contributed by atoms with Crippen molar-refractivity contribution in [3.8, 4) is 0 Å². The zero-order chi connectivity index (χ0) is 14.0. The molecule has 0 bridgehead atoms. The van der Waals surface area contributed by atoms with Crippen LogP contribution in [0.15, 0.2) is 34.1 Å². The number of thiophene rings is 1. The van der Waals surface area contributed by atoms with Gasteiger partial charge in [0.1, 0.15) is 0 Å². The van der Waals surface area contributed by atoms with Crippen molar-refractivity contribution in [1.82, 2.24) is 0 Å². The molecule has 2 nitrogen and oxygen atoms in total. The van der Waals surface area contributed by atoms with Crippen LogP contribution in [0.3, 0.4) is 0 Å². The summed E-state index contributed by atoms with van der Waals surface area (Å²) in [4.78, 5) is 3.30. The highest BCUT2D eigenvalue weighted by atomic mass is 79.9. The first-order valence-corrected chi connectivity index (χ1v) is 7.95. The molecule has 0 aliphatic heterocycles. The lowest BCUT2D eigenvalue weighted by Crippen LogP contribution is -2.10. The molecule has 1 heterocycles. The van der Waals surface area contributed by atoms with Crippen molar-refractivity contribution in [2.24, 2.45) is 0 Å². The van der Waals surface area contributed by atoms with Gasteiger partial charge in [0.15, 0.2) is 0 Å². The van der Waals surface area contributed by atoms with Crippen molar-refractivity contribution >= 4 is 50.2 Å². The highest BCUT2D eigenvalue weighted by Gasteiger charge is 2.09. The van der Waals surface area contributed by atoms with Gasteiger partial charge in [-0.3, -0.25) is 0 Å². The average molecular weight is 360 g/mol. The smallest absolute Gasteiger partial charge is 0.0702 e. The normalized spacial score (nSPS) is 12.3. The first-order chi connectivity index (χ1) is 8.97. The summed E-state index contributed by atoms with van der Waals surface area (Å²) in [5, 5.41) is 4.22. The van der Waals surface area contributed by atoms with E-state index in [0.717, 1.165) is 20.2 Å². The van der Waals surface area contributed by atoms with E-state index in [1.807, 2.05) is 31.1 Å². The van der Waals surface area contributed by atoms with Gasteiger partial charge in [-0.05, 0) is 53.2 Å². The lowest BCUT2D eigenvalue weighted by atomic mass is 10.2. The third-order valence-electron chi connectivity index (χ3n) is 2.83. The van der Waals surface area contributed by atoms with Crippen LogP contribution in [0.25, 0.3) is 0 Å². The average Bonchev–Trinajstić information content (AvgIpc) is 2.75. The van der Waals surface area contributed by atoms with Crippen molar-refractivity contribution in [1.29, 1.82) is 0 Å². The summed E-state index contributed by atoms with van der Waals surface area (Å²) < 4.78 is 1.15. The fourth-order valence-corrected chi connectivity index (χ4v) is 3.62. The van der Waals surface area contributed by atoms with Crippen LogP contribution < -0.4 is 10.2 Å². The van der Waals surface area contributed by atoms with Gasteiger partial charge < -0.3 is 10.2 Å². The molecule has 19 heavy (non-hydrogen) atoms. The Balaban J connectivity index is 2.13. The first kappa shape index (κ1) is 14.7. The molecule has 1 unspecified atom stereocenters. The van der Waals surface area contributed by atoms with E-state index >= 15 is 0 Å². The summed E-state index contributed by atoms with van der Waals surface area (Å²) in [7, 11) is 3.97. The second-order valence-corrected chi connectivity index (χ2v) is 7.47. The van der Waals surface area contributed by atoms with E-state index in [4.69, 9.17) is 11.6 Å². The van der Waals surface area contributed by atoms with Gasteiger partial charge in [0.25, 0.3) is 0 Å². The monoisotopic (exact) mass is 358 g/mol. The third kappa shape index (κ3) is 3.65. The highest BCUT2D eigenvalue weighted by molar-refractivity contribution is 9.11. The number of nitrogens with zero attached hydrogens (tertiary/aromatic N) is 1. The first-order valence-electron chi connectivity index (χ1n) is 5.96. The van der Waals surface area contributed by atoms with E-state index in [0.29, 0.717) is 0 Å². The second kappa shape index (κ2) is 6.16. The zero-order valence-electron chi connectivity index (χ0n) is 11.1. The van der Waals surface area contributed by atoms with E-state index in [1.165, 1.54) is 4.88 Å². The number of nitrogens with one attached hydrogen (secondary N) is 1. The van der Waals surface area contributed by atoms with Gasteiger partial charge in [-0.1, -0.05) is 11.6 Å². The minimum absolute atomic E-state index is 0.262. The Hall–Kier alpha value is -0.710. The van der Waals surface area contributed by atoms with Crippen LogP contribution in [0.1, 0.15) is 17.8 Å². The molecule has 2 rings (SSSR count). The van der Waals surface area contributed by atoms with Gasteiger partial charge in [-0.15, -0.1) is 11.3 Å². The standard InChI is InChI=1S/C14H16BrClN2S/c1-9(13-6-7-14(15)19-13)17-10-4-5-12(18(2)3)11(16)8-10/h4-9,17H,1-3H3. The largest absolute Gasteiger partial charge is 0.378 e. The van der Waals surface area contributed by atoms with E-state index < -0.39 is 0 Å². The quantitative estimate of drug-likeness (QED) is 0.786. The van der Waals surface area contributed by atoms with Gasteiger partial charge in [0.2, 0.25) is 0 Å². The minimum atomic E-state index is 0.262. The third-order valence-corrected chi connectivity index (χ3v) is 4.94. The molecule has 1 aromatic heterocycles. The second-order valence-electron chi connectivity index (χ2n) is 4.57. The van der Waals surface area contributed by atoms with Crippen LogP contribution in [0.2, 0.25) is 5.02 Å². The molecule has 0 aliphatic rings. The number of rotatable bonds is 4. The Kier molecular flexibility index (Phi) is 4.76. The molecule has 1 atom stereocenters. The number of anilines is 2. The summed E-state index contributed by atoms with van der Waals surface area (Å²) in [6.07, 6.45) is 0. The molecule has 0 fully saturated rings. The van der Waals surface area contributed by atoms with Crippen LogP contribution in [0, 0.1) is 0 Å². The van der Waals surface area contributed by atoms with Crippen LogP contribution in [-0.4, -0.2) is 14.1 Å². The topological polar surface area (TPSA) is 15.3 Å². The SMILES string of the molecule is CC(Nc1ccc(N(C)C)c(Cl)c1)c1ccc(Br)s1. The predicted octanol–water partition coefficient (Wildman–Crippen LogP) is 5.40. The zero-order valence-corrected chi connectivity index (χ0v) is 14.2. The summed E-state index contributed by atoms with van der Waals surface area (Å²) in [5.41, 5.74) is 2.06. The molecule has 0 saturated heterocycles. The molecular formula is C14H16BrClN2S. The van der Waals surface area contributed by atoms with Crippen molar-refractivity contribution in [3.63, 3.8) is 0 Å². The molecule has 0 spiro atoms. The van der Waals surface area contributed by atoms with Gasteiger partial charge in [0, 0.05) is 24.7 Å². The van der Waals surface area contributed by atoms with E-state index in [-0.39, 0.29) is 6.04 Å². The lowest BCUT2D eigenvalue weighted by Gasteiger charge is -2.18. The molecular weight excluding hydrogens is 344 g/mol. The van der Waals surface area contributed by atoms with Crippen LogP contribution in [0.5, 0.6) is 0 Å². The van der Waals surface area contributed by atoms with E-state index in [1.54, 1.807) is 11.3 Å². The molecule has 0 saturated carbocycles. The van der Waals surface area contributed by atoms with Crippen molar-refractivity contribution in [2.75, 3.05) is 24.3 Å². The Bertz CT molecular complexity index is 568. The molecule has 5 heteroatoms. The summed E-state index contributed by atoms with van der Waals surface area (Å²) in [5.74, 6) is 0. The fourth-order valence-electron chi connectivity index (χ4n) is 1.84. The molecule has 2 aromatic rings. The van der Waals surface area contributed by atoms with Gasteiger partial charge >= 0.3 is 0 Å². The van der Waals surface area contributed by atoms with Crippen molar-refractivity contribution in [3.05, 3.63) is 44.0 Å². The Morgan fingerprint density at radius 2 is 2.00 bits per heavy atom. The Labute approximate surface area is 131 Å². The van der Waals surface area contributed by atoms with Crippen LogP contribution >= 0.6 is 38.9 Å². The molecule has 0 aliphatic carbocycles. The number of benzene rings is 1. The summed E-state index contributed by atoms with van der Waals surface area (Å²) in [6, 6.07) is 10.5. The predicted molar refractivity (Wildman–Crippen MR) is 89.8 cm³/mol. The number of halogens is 2. The molecule has 1 aromatic carbocycles. The maximum absolute atomic E-state index is 6.27. The molecule has 0 radical (unpaired) electrons. The minimum Gasteiger partial charge on any atom is -0.378 e. The number of hydrogen-bond donors (Lipinski definition) is 1. The Morgan fingerprint density at radius 1 is 1.26 bits per heavy atom. The van der Waals surface area contributed by atoms with Gasteiger partial charge in [-0.2, -0.15) is 0 Å². The fraction of sp³-hybridized carbons (Fsp3) is 0.286. The van der Waals surface area contributed by atoms with Crippen LogP contribution in [0.4, 0.5) is 11.4 Å². The maximum Gasteiger partial charge on any atom is 0.0702 e. The van der Waals surface area contributed by atoms with Crippen LogP contribution in [-0.2, 0) is 0 Å². The van der Waals surface area contributed by atoms with E-state index in [2.05, 4.69) is 46.4 Å². The lowest BCUT2D eigenvalue weighted by molar-refractivity contribution is 0.908. The van der Waals surface area contributed by atoms with Gasteiger partial charge in [0.05, 0.1) is 20.5 Å². The molecule has 1 N–H and O–H groups in total.